The van der Waals surface area contributed by atoms with Crippen molar-refractivity contribution in [1.29, 1.82) is 0 Å². The van der Waals surface area contributed by atoms with Crippen LogP contribution in [-0.2, 0) is 25.5 Å². The average Bonchev–Trinajstić information content (AvgIpc) is 2.52. The predicted molar refractivity (Wildman–Crippen MR) is 72.2 cm³/mol. The first-order valence-corrected chi connectivity index (χ1v) is 6.53. The van der Waals surface area contributed by atoms with Gasteiger partial charge >= 0.3 is 24.3 Å². The Balaban J connectivity index is 2.27. The van der Waals surface area contributed by atoms with Crippen LogP contribution in [-0.4, -0.2) is 37.5 Å². The quantitative estimate of drug-likeness (QED) is 0.417. The summed E-state index contributed by atoms with van der Waals surface area (Å²) in [4.78, 5) is 22.3. The van der Waals surface area contributed by atoms with Crippen molar-refractivity contribution in [2.75, 3.05) is 13.2 Å². The standard InChI is InChI=1S/C15H14F4O4/c16-14(17)15(18,19)10-23-13(21)7-6-12(20)22-9-8-11-4-2-1-3-5-11/h1-7,14H,8-10H2/b7-6+. The highest BCUT2D eigenvalue weighted by atomic mass is 19.3. The fourth-order valence-corrected chi connectivity index (χ4v) is 1.38. The maximum absolute atomic E-state index is 12.5. The molecular formula is C15H14F4O4. The molecule has 0 spiro atoms. The zero-order valence-corrected chi connectivity index (χ0v) is 11.9. The van der Waals surface area contributed by atoms with Crippen LogP contribution in [0.5, 0.6) is 0 Å². The second-order valence-corrected chi connectivity index (χ2v) is 4.41. The van der Waals surface area contributed by atoms with Gasteiger partial charge in [0.15, 0.2) is 6.61 Å². The summed E-state index contributed by atoms with van der Waals surface area (Å²) < 4.78 is 57.3. The minimum atomic E-state index is -4.43. The van der Waals surface area contributed by atoms with Gasteiger partial charge in [0.25, 0.3) is 0 Å². The van der Waals surface area contributed by atoms with E-state index in [-0.39, 0.29) is 6.61 Å². The van der Waals surface area contributed by atoms with Gasteiger partial charge in [0.2, 0.25) is 0 Å². The minimum Gasteiger partial charge on any atom is -0.462 e. The van der Waals surface area contributed by atoms with E-state index in [1.807, 2.05) is 30.3 Å². The third-order valence-corrected chi connectivity index (χ3v) is 2.56. The molecule has 8 heteroatoms. The molecule has 0 bridgehead atoms. The molecule has 4 nitrogen and oxygen atoms in total. The van der Waals surface area contributed by atoms with E-state index in [1.54, 1.807) is 0 Å². The second-order valence-electron chi connectivity index (χ2n) is 4.41. The summed E-state index contributed by atoms with van der Waals surface area (Å²) in [6.45, 7) is -1.71. The van der Waals surface area contributed by atoms with Crippen molar-refractivity contribution in [2.24, 2.45) is 0 Å². The van der Waals surface area contributed by atoms with Gasteiger partial charge in [-0.3, -0.25) is 0 Å². The lowest BCUT2D eigenvalue weighted by atomic mass is 10.2. The Morgan fingerprint density at radius 1 is 1.04 bits per heavy atom. The van der Waals surface area contributed by atoms with Crippen LogP contribution in [0.25, 0.3) is 0 Å². The molecule has 0 aliphatic carbocycles. The van der Waals surface area contributed by atoms with E-state index in [2.05, 4.69) is 4.74 Å². The molecule has 0 N–H and O–H groups in total. The number of alkyl halides is 4. The van der Waals surface area contributed by atoms with Gasteiger partial charge in [-0.15, -0.1) is 0 Å². The number of benzene rings is 1. The zero-order valence-electron chi connectivity index (χ0n) is 11.9. The first-order valence-electron chi connectivity index (χ1n) is 6.53. The maximum Gasteiger partial charge on any atom is 0.340 e. The molecule has 1 rings (SSSR count). The van der Waals surface area contributed by atoms with E-state index in [1.165, 1.54) is 0 Å². The van der Waals surface area contributed by atoms with Crippen molar-refractivity contribution in [2.45, 2.75) is 18.8 Å². The average molecular weight is 334 g/mol. The Hall–Kier alpha value is -2.38. The monoisotopic (exact) mass is 334 g/mol. The number of esters is 2. The lowest BCUT2D eigenvalue weighted by molar-refractivity contribution is -0.176. The topological polar surface area (TPSA) is 52.6 Å². The number of hydrogen-bond acceptors (Lipinski definition) is 4. The molecule has 0 aliphatic heterocycles. The second kappa shape index (κ2) is 8.92. The van der Waals surface area contributed by atoms with E-state index in [0.29, 0.717) is 18.6 Å². The molecule has 0 unspecified atom stereocenters. The van der Waals surface area contributed by atoms with Crippen LogP contribution < -0.4 is 0 Å². The van der Waals surface area contributed by atoms with Crippen molar-refractivity contribution in [1.82, 2.24) is 0 Å². The largest absolute Gasteiger partial charge is 0.462 e. The molecule has 0 saturated carbocycles. The molecule has 23 heavy (non-hydrogen) atoms. The zero-order chi connectivity index (χ0) is 17.3. The Kier molecular flexibility index (Phi) is 7.24. The van der Waals surface area contributed by atoms with Crippen LogP contribution in [0.2, 0.25) is 0 Å². The van der Waals surface area contributed by atoms with Crippen molar-refractivity contribution in [3.8, 4) is 0 Å². The molecule has 0 atom stereocenters. The normalized spacial score (nSPS) is 11.7. The summed E-state index contributed by atoms with van der Waals surface area (Å²) in [5.74, 6) is -6.65. The van der Waals surface area contributed by atoms with Gasteiger partial charge in [-0.05, 0) is 5.56 Å². The van der Waals surface area contributed by atoms with Crippen LogP contribution in [0.1, 0.15) is 5.56 Å². The SMILES string of the molecule is O=C(/C=C/C(=O)OCC(F)(F)C(F)F)OCCc1ccccc1. The third-order valence-electron chi connectivity index (χ3n) is 2.56. The fraction of sp³-hybridized carbons (Fsp3) is 0.333. The summed E-state index contributed by atoms with van der Waals surface area (Å²) in [6, 6.07) is 9.15. The molecule has 1 aromatic carbocycles. The number of carbonyl (C=O) groups is 2. The van der Waals surface area contributed by atoms with Gasteiger partial charge in [0.05, 0.1) is 6.61 Å². The number of halogens is 4. The molecule has 0 aromatic heterocycles. The predicted octanol–water partition coefficient (Wildman–Crippen LogP) is 2.77. The lowest BCUT2D eigenvalue weighted by Gasteiger charge is -2.13. The highest BCUT2D eigenvalue weighted by Gasteiger charge is 2.42. The first-order chi connectivity index (χ1) is 10.8. The fourth-order valence-electron chi connectivity index (χ4n) is 1.38. The summed E-state index contributed by atoms with van der Waals surface area (Å²) in [5, 5.41) is 0. The van der Waals surface area contributed by atoms with E-state index >= 15 is 0 Å². The Morgan fingerprint density at radius 3 is 2.17 bits per heavy atom. The van der Waals surface area contributed by atoms with E-state index in [9.17, 15) is 27.2 Å². The lowest BCUT2D eigenvalue weighted by Crippen LogP contribution is -2.33. The number of hydrogen-bond donors (Lipinski definition) is 0. The number of carbonyl (C=O) groups excluding carboxylic acids is 2. The van der Waals surface area contributed by atoms with Crippen molar-refractivity contribution < 1.29 is 36.6 Å². The van der Waals surface area contributed by atoms with Crippen molar-refractivity contribution in [3.05, 3.63) is 48.0 Å². The van der Waals surface area contributed by atoms with E-state index < -0.39 is 30.9 Å². The molecule has 0 aliphatic rings. The molecule has 0 saturated heterocycles. The molecule has 0 fully saturated rings. The van der Waals surface area contributed by atoms with Gasteiger partial charge in [0.1, 0.15) is 0 Å². The van der Waals surface area contributed by atoms with Crippen LogP contribution in [0, 0.1) is 0 Å². The minimum absolute atomic E-state index is 0.0612. The number of ether oxygens (including phenoxy) is 2. The molecule has 0 amide bonds. The Bertz CT molecular complexity index is 544. The van der Waals surface area contributed by atoms with Crippen molar-refractivity contribution >= 4 is 11.9 Å². The highest BCUT2D eigenvalue weighted by Crippen LogP contribution is 2.22. The highest BCUT2D eigenvalue weighted by molar-refractivity contribution is 5.91. The maximum atomic E-state index is 12.5. The van der Waals surface area contributed by atoms with E-state index in [4.69, 9.17) is 4.74 Å². The first kappa shape index (κ1) is 18.7. The van der Waals surface area contributed by atoms with Crippen LogP contribution in [0.3, 0.4) is 0 Å². The summed E-state index contributed by atoms with van der Waals surface area (Å²) >= 11 is 0. The molecule has 1 aromatic rings. The van der Waals surface area contributed by atoms with Gasteiger partial charge in [0, 0.05) is 18.6 Å². The molecule has 0 heterocycles. The summed E-state index contributed by atoms with van der Waals surface area (Å²) in [7, 11) is 0. The summed E-state index contributed by atoms with van der Waals surface area (Å²) in [6.07, 6.45) is -2.27. The van der Waals surface area contributed by atoms with Crippen LogP contribution in [0.4, 0.5) is 17.6 Å². The smallest absolute Gasteiger partial charge is 0.340 e. The van der Waals surface area contributed by atoms with Crippen LogP contribution >= 0.6 is 0 Å². The van der Waals surface area contributed by atoms with Gasteiger partial charge in [-0.2, -0.15) is 8.78 Å². The molecule has 126 valence electrons. The molecular weight excluding hydrogens is 320 g/mol. The Labute approximate surface area is 129 Å². The molecule has 0 radical (unpaired) electrons. The van der Waals surface area contributed by atoms with Crippen molar-refractivity contribution in [3.63, 3.8) is 0 Å². The third kappa shape index (κ3) is 7.44. The Morgan fingerprint density at radius 2 is 1.61 bits per heavy atom. The summed E-state index contributed by atoms with van der Waals surface area (Å²) in [5.41, 5.74) is 0.943. The van der Waals surface area contributed by atoms with E-state index in [0.717, 1.165) is 5.56 Å². The number of rotatable bonds is 8. The van der Waals surface area contributed by atoms with Gasteiger partial charge in [-0.25, -0.2) is 18.4 Å². The van der Waals surface area contributed by atoms with Gasteiger partial charge < -0.3 is 9.47 Å². The van der Waals surface area contributed by atoms with Crippen LogP contribution in [0.15, 0.2) is 42.5 Å². The van der Waals surface area contributed by atoms with Gasteiger partial charge in [-0.1, -0.05) is 30.3 Å².